The van der Waals surface area contributed by atoms with Crippen LogP contribution in [-0.4, -0.2) is 32.3 Å². The lowest BCUT2D eigenvalue weighted by atomic mass is 10.0. The van der Waals surface area contributed by atoms with E-state index in [-0.39, 0.29) is 5.91 Å². The van der Waals surface area contributed by atoms with Crippen LogP contribution in [0.3, 0.4) is 0 Å². The number of amides is 1. The van der Waals surface area contributed by atoms with Gasteiger partial charge in [-0.3, -0.25) is 4.79 Å². The van der Waals surface area contributed by atoms with Crippen molar-refractivity contribution in [1.82, 2.24) is 0 Å². The van der Waals surface area contributed by atoms with E-state index in [0.29, 0.717) is 37.8 Å². The molecule has 0 unspecified atom stereocenters. The molecule has 5 nitrogen and oxygen atoms in total. The molecule has 0 N–H and O–H groups in total. The van der Waals surface area contributed by atoms with Crippen LogP contribution in [0.15, 0.2) is 42.5 Å². The number of halogens is 1. The minimum atomic E-state index is -1.27. The molecule has 6 heteroatoms. The van der Waals surface area contributed by atoms with Gasteiger partial charge in [0.15, 0.2) is 0 Å². The van der Waals surface area contributed by atoms with Crippen LogP contribution in [0.4, 0.5) is 5.69 Å². The summed E-state index contributed by atoms with van der Waals surface area (Å²) >= 11 is 5.90. The van der Waals surface area contributed by atoms with E-state index in [1.165, 1.54) is 5.56 Å². The number of carbonyl (C=O) groups excluding carboxylic acids is 1. The lowest BCUT2D eigenvalue weighted by Gasteiger charge is -2.22. The van der Waals surface area contributed by atoms with Gasteiger partial charge in [-0.1, -0.05) is 31.0 Å². The average molecular weight is 416 g/mol. The topological polar surface area (TPSA) is 48.0 Å². The van der Waals surface area contributed by atoms with Crippen molar-refractivity contribution in [3.63, 3.8) is 0 Å². The Morgan fingerprint density at radius 3 is 2.59 bits per heavy atom. The maximum Gasteiger partial charge on any atom is 0.292 e. The zero-order chi connectivity index (χ0) is 20.3. The van der Waals surface area contributed by atoms with Crippen LogP contribution in [-0.2, 0) is 26.5 Å². The second-order valence-electron chi connectivity index (χ2n) is 7.38. The zero-order valence-corrected chi connectivity index (χ0v) is 17.4. The molecule has 154 valence electrons. The van der Waals surface area contributed by atoms with Gasteiger partial charge in [-0.05, 0) is 61.2 Å². The lowest BCUT2D eigenvalue weighted by Crippen LogP contribution is -2.41. The molecule has 0 atom stereocenters. The van der Waals surface area contributed by atoms with E-state index in [9.17, 15) is 4.79 Å². The van der Waals surface area contributed by atoms with Crippen LogP contribution < -0.4 is 9.64 Å². The molecule has 0 aliphatic carbocycles. The lowest BCUT2D eigenvalue weighted by molar-refractivity contribution is -0.180. The van der Waals surface area contributed by atoms with E-state index in [4.69, 9.17) is 25.8 Å². The smallest absolute Gasteiger partial charge is 0.292 e. The summed E-state index contributed by atoms with van der Waals surface area (Å²) in [6.45, 7) is 4.08. The van der Waals surface area contributed by atoms with Crippen molar-refractivity contribution < 1.29 is 19.0 Å². The quantitative estimate of drug-likeness (QED) is 0.586. The van der Waals surface area contributed by atoms with Crippen molar-refractivity contribution in [2.24, 2.45) is 0 Å². The van der Waals surface area contributed by atoms with Gasteiger partial charge < -0.3 is 19.1 Å². The van der Waals surface area contributed by atoms with E-state index < -0.39 is 5.79 Å². The van der Waals surface area contributed by atoms with Gasteiger partial charge in [-0.2, -0.15) is 0 Å². The third kappa shape index (κ3) is 4.00. The highest BCUT2D eigenvalue weighted by Gasteiger charge is 2.55. The number of anilines is 1. The summed E-state index contributed by atoms with van der Waals surface area (Å²) in [4.78, 5) is 15.0. The van der Waals surface area contributed by atoms with Crippen LogP contribution in [0.5, 0.6) is 5.75 Å². The van der Waals surface area contributed by atoms with Crippen molar-refractivity contribution in [2.45, 2.75) is 38.4 Å². The Bertz CT molecular complexity index is 862. The molecule has 2 heterocycles. The Morgan fingerprint density at radius 1 is 1.10 bits per heavy atom. The van der Waals surface area contributed by atoms with Crippen molar-refractivity contribution >= 4 is 23.2 Å². The van der Waals surface area contributed by atoms with Crippen LogP contribution in [0, 0.1) is 0 Å². The first kappa shape index (κ1) is 20.2. The van der Waals surface area contributed by atoms with Crippen LogP contribution in [0.2, 0.25) is 5.02 Å². The van der Waals surface area contributed by atoms with E-state index >= 15 is 0 Å². The van der Waals surface area contributed by atoms with Crippen molar-refractivity contribution in [3.8, 4) is 5.75 Å². The predicted molar refractivity (Wildman–Crippen MR) is 113 cm³/mol. The normalized spacial score (nSPS) is 17.2. The molecule has 0 bridgehead atoms. The van der Waals surface area contributed by atoms with Gasteiger partial charge >= 0.3 is 0 Å². The first-order valence-electron chi connectivity index (χ1n) is 10.3. The van der Waals surface area contributed by atoms with Crippen molar-refractivity contribution in [3.05, 3.63) is 58.6 Å². The Hall–Kier alpha value is -2.08. The number of hydrogen-bond donors (Lipinski definition) is 0. The van der Waals surface area contributed by atoms with Gasteiger partial charge in [0, 0.05) is 17.1 Å². The van der Waals surface area contributed by atoms with Gasteiger partial charge in [-0.25, -0.2) is 0 Å². The molecule has 1 fully saturated rings. The van der Waals surface area contributed by atoms with Gasteiger partial charge in [-0.15, -0.1) is 0 Å². The number of fused-ring (bicyclic) bond motifs is 2. The predicted octanol–water partition coefficient (Wildman–Crippen LogP) is 4.70. The first-order valence-corrected chi connectivity index (χ1v) is 10.6. The van der Waals surface area contributed by atoms with Gasteiger partial charge in [0.2, 0.25) is 0 Å². The highest BCUT2D eigenvalue weighted by molar-refractivity contribution is 6.30. The van der Waals surface area contributed by atoms with E-state index in [2.05, 4.69) is 19.1 Å². The number of carbonyl (C=O) groups is 1. The molecular formula is C23H26ClNO4. The minimum absolute atomic E-state index is 0.135. The Morgan fingerprint density at radius 2 is 1.86 bits per heavy atom. The molecule has 1 amide bonds. The number of nitrogens with zero attached hydrogens (tertiary/aromatic N) is 1. The average Bonchev–Trinajstić information content (AvgIpc) is 3.31. The number of ether oxygens (including phenoxy) is 3. The third-order valence-corrected chi connectivity index (χ3v) is 5.61. The molecule has 0 aromatic heterocycles. The monoisotopic (exact) mass is 415 g/mol. The Labute approximate surface area is 176 Å². The number of unbranched alkanes of at least 4 members (excludes halogenated alkanes) is 1. The summed E-state index contributed by atoms with van der Waals surface area (Å²) in [6.07, 6.45) is 3.94. The molecule has 2 aliphatic heterocycles. The SMILES string of the molecule is CCCCc1ccc2c(c1)C1(OCCO1)C(=O)N2CCCOc1ccc(Cl)cc1. The molecule has 0 saturated carbocycles. The standard InChI is InChI=1S/C23H26ClNO4/c1-2-3-5-17-6-11-21-20(16-17)23(28-14-15-29-23)22(26)25(21)12-4-13-27-19-9-7-18(24)8-10-19/h6-11,16H,2-5,12-15H2,1H3. The highest BCUT2D eigenvalue weighted by Crippen LogP contribution is 2.46. The number of hydrogen-bond acceptors (Lipinski definition) is 4. The van der Waals surface area contributed by atoms with Crippen molar-refractivity contribution in [2.75, 3.05) is 31.3 Å². The molecule has 4 rings (SSSR count). The van der Waals surface area contributed by atoms with Crippen LogP contribution >= 0.6 is 11.6 Å². The largest absolute Gasteiger partial charge is 0.494 e. The second kappa shape index (κ2) is 8.74. The maximum absolute atomic E-state index is 13.2. The third-order valence-electron chi connectivity index (χ3n) is 5.35. The fraction of sp³-hybridized carbons (Fsp3) is 0.435. The molecule has 2 aromatic rings. The summed E-state index contributed by atoms with van der Waals surface area (Å²) in [5, 5.41) is 0.678. The molecule has 2 aliphatic rings. The molecule has 2 aromatic carbocycles. The Kier molecular flexibility index (Phi) is 6.09. The second-order valence-corrected chi connectivity index (χ2v) is 7.82. The highest BCUT2D eigenvalue weighted by atomic mass is 35.5. The Balaban J connectivity index is 1.46. The van der Waals surface area contributed by atoms with Crippen molar-refractivity contribution in [1.29, 1.82) is 0 Å². The molecule has 29 heavy (non-hydrogen) atoms. The van der Waals surface area contributed by atoms with E-state index in [1.807, 2.05) is 18.2 Å². The van der Waals surface area contributed by atoms with Gasteiger partial charge in [0.05, 0.1) is 25.5 Å². The summed E-state index contributed by atoms with van der Waals surface area (Å²) in [5.41, 5.74) is 2.93. The zero-order valence-electron chi connectivity index (χ0n) is 16.7. The molecule has 0 radical (unpaired) electrons. The number of aryl methyl sites for hydroxylation is 1. The van der Waals surface area contributed by atoms with Gasteiger partial charge in [0.25, 0.3) is 11.7 Å². The first-order chi connectivity index (χ1) is 14.1. The molecular weight excluding hydrogens is 390 g/mol. The number of benzene rings is 2. The maximum atomic E-state index is 13.2. The molecule has 1 saturated heterocycles. The minimum Gasteiger partial charge on any atom is -0.494 e. The van der Waals surface area contributed by atoms with Crippen LogP contribution in [0.25, 0.3) is 0 Å². The summed E-state index contributed by atoms with van der Waals surface area (Å²) < 4.78 is 17.5. The summed E-state index contributed by atoms with van der Waals surface area (Å²) in [5.74, 6) is -0.639. The summed E-state index contributed by atoms with van der Waals surface area (Å²) in [6, 6.07) is 13.5. The van der Waals surface area contributed by atoms with Gasteiger partial charge in [0.1, 0.15) is 5.75 Å². The van der Waals surface area contributed by atoms with Crippen LogP contribution in [0.1, 0.15) is 37.3 Å². The fourth-order valence-corrected chi connectivity index (χ4v) is 4.00. The number of rotatable bonds is 8. The summed E-state index contributed by atoms with van der Waals surface area (Å²) in [7, 11) is 0. The molecule has 1 spiro atoms. The fourth-order valence-electron chi connectivity index (χ4n) is 3.88. The van der Waals surface area contributed by atoms with E-state index in [0.717, 1.165) is 36.3 Å². The van der Waals surface area contributed by atoms with E-state index in [1.54, 1.807) is 17.0 Å².